The molecule has 0 N–H and O–H groups in total. The smallest absolute Gasteiger partial charge is 0.256 e. The summed E-state index contributed by atoms with van der Waals surface area (Å²) in [5, 5.41) is 0. The summed E-state index contributed by atoms with van der Waals surface area (Å²) >= 11 is 0. The van der Waals surface area contributed by atoms with Crippen LogP contribution >= 0.6 is 0 Å². The van der Waals surface area contributed by atoms with E-state index in [2.05, 4.69) is 9.97 Å². The van der Waals surface area contributed by atoms with E-state index in [1.54, 1.807) is 23.4 Å². The highest BCUT2D eigenvalue weighted by atomic mass is 16.5. The third kappa shape index (κ3) is 3.26. The van der Waals surface area contributed by atoms with Crippen molar-refractivity contribution < 1.29 is 14.3 Å². The Bertz CT molecular complexity index is 814. The first-order valence-corrected chi connectivity index (χ1v) is 9.09. The van der Waals surface area contributed by atoms with Crippen LogP contribution < -0.4 is 0 Å². The molecule has 7 heteroatoms. The van der Waals surface area contributed by atoms with Gasteiger partial charge in [0.1, 0.15) is 5.52 Å². The highest BCUT2D eigenvalue weighted by molar-refractivity contribution is 6.04. The lowest BCUT2D eigenvalue weighted by Gasteiger charge is -2.36. The first kappa shape index (κ1) is 16.9. The molecule has 2 saturated heterocycles. The quantitative estimate of drug-likeness (QED) is 0.814. The average molecular weight is 354 g/mol. The number of hydrogen-bond acceptors (Lipinski definition) is 5. The molecule has 2 aliphatic rings. The van der Waals surface area contributed by atoms with Crippen LogP contribution in [-0.4, -0.2) is 71.0 Å². The van der Waals surface area contributed by atoms with Crippen LogP contribution in [0.2, 0.25) is 0 Å². The number of carbonyl (C=O) groups excluding carboxylic acids is 2. The van der Waals surface area contributed by atoms with Crippen LogP contribution in [0.25, 0.3) is 11.0 Å². The zero-order chi connectivity index (χ0) is 17.9. The minimum atomic E-state index is -0.133. The van der Waals surface area contributed by atoms with E-state index in [9.17, 15) is 9.59 Å². The highest BCUT2D eigenvalue weighted by Gasteiger charge is 2.32. The maximum Gasteiger partial charge on any atom is 0.256 e. The molecule has 1 aromatic heterocycles. The van der Waals surface area contributed by atoms with E-state index in [0.717, 1.165) is 12.8 Å². The monoisotopic (exact) mass is 354 g/mol. The number of ether oxygens (including phenoxy) is 1. The molecular weight excluding hydrogens is 332 g/mol. The molecule has 1 aromatic carbocycles. The highest BCUT2D eigenvalue weighted by Crippen LogP contribution is 2.23. The Morgan fingerprint density at radius 2 is 1.85 bits per heavy atom. The van der Waals surface area contributed by atoms with Gasteiger partial charge in [-0.2, -0.15) is 0 Å². The standard InChI is InChI=1S/C19H22N4O3/c24-18(22-9-11-26-12-10-22)14-3-2-8-23(13-14)19(25)15-4-1-5-16-17(15)21-7-6-20-16/h1,4-7,14H,2-3,8-13H2. The summed E-state index contributed by atoms with van der Waals surface area (Å²) in [6.07, 6.45) is 4.88. The molecule has 0 aliphatic carbocycles. The van der Waals surface area contributed by atoms with Gasteiger partial charge < -0.3 is 14.5 Å². The Kier molecular flexibility index (Phi) is 4.79. The van der Waals surface area contributed by atoms with E-state index >= 15 is 0 Å². The van der Waals surface area contributed by atoms with E-state index in [1.807, 2.05) is 17.0 Å². The Labute approximate surface area is 152 Å². The molecule has 26 heavy (non-hydrogen) atoms. The topological polar surface area (TPSA) is 75.6 Å². The molecule has 7 nitrogen and oxygen atoms in total. The molecule has 3 heterocycles. The normalized spacial score (nSPS) is 21.0. The van der Waals surface area contributed by atoms with Crippen LogP contribution in [0, 0.1) is 5.92 Å². The molecule has 4 rings (SSSR count). The molecule has 0 radical (unpaired) electrons. The summed E-state index contributed by atoms with van der Waals surface area (Å²) in [5.74, 6) is -0.0639. The van der Waals surface area contributed by atoms with Crippen LogP contribution in [0.15, 0.2) is 30.6 Å². The number of morpholine rings is 1. The van der Waals surface area contributed by atoms with Crippen molar-refractivity contribution in [2.75, 3.05) is 39.4 Å². The number of rotatable bonds is 2. The molecule has 0 bridgehead atoms. The van der Waals surface area contributed by atoms with Gasteiger partial charge in [0.2, 0.25) is 5.91 Å². The van der Waals surface area contributed by atoms with Crippen LogP contribution in [0.5, 0.6) is 0 Å². The van der Waals surface area contributed by atoms with Crippen molar-refractivity contribution in [3.05, 3.63) is 36.2 Å². The van der Waals surface area contributed by atoms with Crippen molar-refractivity contribution in [3.8, 4) is 0 Å². The summed E-state index contributed by atoms with van der Waals surface area (Å²) in [6.45, 7) is 3.60. The van der Waals surface area contributed by atoms with E-state index in [1.165, 1.54) is 0 Å². The van der Waals surface area contributed by atoms with Crippen molar-refractivity contribution in [1.29, 1.82) is 0 Å². The predicted molar refractivity (Wildman–Crippen MR) is 95.6 cm³/mol. The summed E-state index contributed by atoms with van der Waals surface area (Å²) in [4.78, 5) is 38.1. The lowest BCUT2D eigenvalue weighted by atomic mass is 9.95. The van der Waals surface area contributed by atoms with Crippen molar-refractivity contribution in [3.63, 3.8) is 0 Å². The predicted octanol–water partition coefficient (Wildman–Crippen LogP) is 1.34. The molecule has 2 fully saturated rings. The van der Waals surface area contributed by atoms with Gasteiger partial charge in [-0.1, -0.05) is 6.07 Å². The summed E-state index contributed by atoms with van der Waals surface area (Å²) < 4.78 is 5.32. The average Bonchev–Trinajstić information content (AvgIpc) is 2.73. The molecule has 0 spiro atoms. The second-order valence-electron chi connectivity index (χ2n) is 6.76. The first-order valence-electron chi connectivity index (χ1n) is 9.09. The number of aromatic nitrogens is 2. The van der Waals surface area contributed by atoms with Crippen LogP contribution in [0.4, 0.5) is 0 Å². The second kappa shape index (κ2) is 7.37. The van der Waals surface area contributed by atoms with Crippen LogP contribution in [0.3, 0.4) is 0 Å². The van der Waals surface area contributed by atoms with Gasteiger partial charge in [-0.3, -0.25) is 19.6 Å². The fraction of sp³-hybridized carbons (Fsp3) is 0.474. The van der Waals surface area contributed by atoms with E-state index in [0.29, 0.717) is 56.0 Å². The minimum Gasteiger partial charge on any atom is -0.378 e. The summed E-state index contributed by atoms with van der Waals surface area (Å²) in [5.41, 5.74) is 1.87. The van der Waals surface area contributed by atoms with Crippen molar-refractivity contribution in [2.24, 2.45) is 5.92 Å². The van der Waals surface area contributed by atoms with Crippen molar-refractivity contribution in [1.82, 2.24) is 19.8 Å². The van der Waals surface area contributed by atoms with E-state index in [4.69, 9.17) is 4.74 Å². The maximum absolute atomic E-state index is 13.1. The van der Waals surface area contributed by atoms with Gasteiger partial charge in [-0.05, 0) is 25.0 Å². The third-order valence-electron chi connectivity index (χ3n) is 5.11. The van der Waals surface area contributed by atoms with Gasteiger partial charge in [-0.15, -0.1) is 0 Å². The largest absolute Gasteiger partial charge is 0.378 e. The molecule has 2 aromatic rings. The minimum absolute atomic E-state index is 0.0735. The van der Waals surface area contributed by atoms with Crippen molar-refractivity contribution >= 4 is 22.8 Å². The second-order valence-corrected chi connectivity index (χ2v) is 6.76. The van der Waals surface area contributed by atoms with Gasteiger partial charge in [-0.25, -0.2) is 0 Å². The number of para-hydroxylation sites is 1. The third-order valence-corrected chi connectivity index (χ3v) is 5.11. The SMILES string of the molecule is O=C(c1cccc2nccnc12)N1CCCC(C(=O)N2CCOCC2)C1. The number of fused-ring (bicyclic) bond motifs is 1. The maximum atomic E-state index is 13.1. The fourth-order valence-electron chi connectivity index (χ4n) is 3.74. The number of piperidine rings is 1. The molecule has 2 amide bonds. The molecular formula is C19H22N4O3. The summed E-state index contributed by atoms with van der Waals surface area (Å²) in [7, 11) is 0. The number of nitrogens with zero attached hydrogens (tertiary/aromatic N) is 4. The first-order chi connectivity index (χ1) is 12.7. The van der Waals surface area contributed by atoms with Crippen LogP contribution in [-0.2, 0) is 9.53 Å². The van der Waals surface area contributed by atoms with E-state index < -0.39 is 0 Å². The number of amides is 2. The van der Waals surface area contributed by atoms with Gasteiger partial charge in [0.25, 0.3) is 5.91 Å². The fourth-order valence-corrected chi connectivity index (χ4v) is 3.74. The Hall–Kier alpha value is -2.54. The number of carbonyl (C=O) groups is 2. The lowest BCUT2D eigenvalue weighted by Crippen LogP contribution is -2.49. The number of likely N-dealkylation sites (tertiary alicyclic amines) is 1. The van der Waals surface area contributed by atoms with Gasteiger partial charge in [0.05, 0.1) is 30.2 Å². The number of hydrogen-bond donors (Lipinski definition) is 0. The van der Waals surface area contributed by atoms with E-state index in [-0.39, 0.29) is 17.7 Å². The van der Waals surface area contributed by atoms with Crippen LogP contribution in [0.1, 0.15) is 23.2 Å². The molecule has 0 saturated carbocycles. The zero-order valence-electron chi connectivity index (χ0n) is 14.6. The molecule has 1 unspecified atom stereocenters. The summed E-state index contributed by atoms with van der Waals surface area (Å²) in [6, 6.07) is 5.46. The zero-order valence-corrected chi connectivity index (χ0v) is 14.6. The Morgan fingerprint density at radius 3 is 2.69 bits per heavy atom. The Balaban J connectivity index is 1.52. The van der Waals surface area contributed by atoms with Gasteiger partial charge in [0, 0.05) is 38.6 Å². The van der Waals surface area contributed by atoms with Gasteiger partial charge >= 0.3 is 0 Å². The van der Waals surface area contributed by atoms with Gasteiger partial charge in [0.15, 0.2) is 0 Å². The molecule has 2 aliphatic heterocycles. The number of benzene rings is 1. The Morgan fingerprint density at radius 1 is 1.04 bits per heavy atom. The lowest BCUT2D eigenvalue weighted by molar-refractivity contribution is -0.141. The molecule has 1 atom stereocenters. The molecule has 136 valence electrons. The van der Waals surface area contributed by atoms with Crippen molar-refractivity contribution in [2.45, 2.75) is 12.8 Å².